The summed E-state index contributed by atoms with van der Waals surface area (Å²) in [6, 6.07) is 4.48. The van der Waals surface area contributed by atoms with Gasteiger partial charge in [0.25, 0.3) is 0 Å². The molecule has 0 aliphatic rings. The second-order valence-corrected chi connectivity index (χ2v) is 4.10. The fourth-order valence-corrected chi connectivity index (χ4v) is 1.60. The van der Waals surface area contributed by atoms with E-state index in [4.69, 9.17) is 16.3 Å². The van der Waals surface area contributed by atoms with E-state index >= 15 is 0 Å². The number of rotatable bonds is 4. The zero-order valence-corrected chi connectivity index (χ0v) is 10.9. The zero-order chi connectivity index (χ0) is 12.7. The molecule has 3 heteroatoms. The third-order valence-corrected chi connectivity index (χ3v) is 2.34. The average molecular weight is 255 g/mol. The topological polar surface area (TPSA) is 9.23 Å². The van der Waals surface area contributed by atoms with Crippen LogP contribution in [0.5, 0.6) is 5.75 Å². The van der Waals surface area contributed by atoms with E-state index in [1.165, 1.54) is 12.1 Å². The summed E-state index contributed by atoms with van der Waals surface area (Å²) in [7, 11) is 0. The van der Waals surface area contributed by atoms with Crippen molar-refractivity contribution in [2.24, 2.45) is 0 Å². The maximum absolute atomic E-state index is 13.3. The van der Waals surface area contributed by atoms with Gasteiger partial charge in [-0.3, -0.25) is 0 Å². The van der Waals surface area contributed by atoms with E-state index in [1.54, 1.807) is 6.07 Å². The standard InChI is InChI=1S/C14H16ClFO/c1-3-5-11(2)17-14-9-12(6-4-7-15)8-13(16)10-14/h8-11H,3,5,7H2,1-2H3. The lowest BCUT2D eigenvalue weighted by Crippen LogP contribution is -2.11. The minimum atomic E-state index is -0.343. The Morgan fingerprint density at radius 2 is 2.18 bits per heavy atom. The number of ether oxygens (including phenoxy) is 1. The number of hydrogen-bond donors (Lipinski definition) is 0. The van der Waals surface area contributed by atoms with Gasteiger partial charge in [0, 0.05) is 11.6 Å². The van der Waals surface area contributed by atoms with Crippen LogP contribution in [0.4, 0.5) is 4.39 Å². The Bertz CT molecular complexity index is 420. The van der Waals surface area contributed by atoms with Crippen molar-refractivity contribution in [3.8, 4) is 17.6 Å². The largest absolute Gasteiger partial charge is 0.491 e. The molecule has 1 nitrogen and oxygen atoms in total. The third kappa shape index (κ3) is 5.10. The maximum Gasteiger partial charge on any atom is 0.128 e. The monoisotopic (exact) mass is 254 g/mol. The van der Waals surface area contributed by atoms with E-state index in [2.05, 4.69) is 18.8 Å². The van der Waals surface area contributed by atoms with Crippen molar-refractivity contribution in [3.05, 3.63) is 29.6 Å². The summed E-state index contributed by atoms with van der Waals surface area (Å²) in [6.45, 7) is 4.06. The van der Waals surface area contributed by atoms with Gasteiger partial charge in [0.2, 0.25) is 0 Å². The molecule has 0 aromatic heterocycles. The number of benzene rings is 1. The van der Waals surface area contributed by atoms with Crippen molar-refractivity contribution in [1.82, 2.24) is 0 Å². The maximum atomic E-state index is 13.3. The molecule has 1 aromatic carbocycles. The van der Waals surface area contributed by atoms with Crippen LogP contribution in [0.2, 0.25) is 0 Å². The lowest BCUT2D eigenvalue weighted by atomic mass is 10.2. The Kier molecular flexibility index (Phi) is 5.86. The van der Waals surface area contributed by atoms with E-state index in [0.717, 1.165) is 12.8 Å². The minimum Gasteiger partial charge on any atom is -0.491 e. The first-order valence-corrected chi connectivity index (χ1v) is 6.21. The van der Waals surface area contributed by atoms with Gasteiger partial charge in [-0.25, -0.2) is 4.39 Å². The quantitative estimate of drug-likeness (QED) is 0.583. The minimum absolute atomic E-state index is 0.0793. The second kappa shape index (κ2) is 7.19. The summed E-state index contributed by atoms with van der Waals surface area (Å²) in [5.41, 5.74) is 0.587. The Balaban J connectivity index is 2.82. The van der Waals surface area contributed by atoms with Crippen LogP contribution >= 0.6 is 11.6 Å². The van der Waals surface area contributed by atoms with Crippen LogP contribution in [0.3, 0.4) is 0 Å². The fourth-order valence-electron chi connectivity index (χ4n) is 1.54. The van der Waals surface area contributed by atoms with Crippen LogP contribution in [0.15, 0.2) is 18.2 Å². The molecule has 0 saturated heterocycles. The number of hydrogen-bond acceptors (Lipinski definition) is 1. The molecule has 0 aliphatic carbocycles. The molecule has 0 radical (unpaired) electrons. The molecule has 1 unspecified atom stereocenters. The molecular formula is C14H16ClFO. The lowest BCUT2D eigenvalue weighted by molar-refractivity contribution is 0.209. The molecule has 1 atom stereocenters. The molecule has 0 bridgehead atoms. The predicted octanol–water partition coefficient (Wildman–Crippen LogP) is 3.98. The Morgan fingerprint density at radius 1 is 1.41 bits per heavy atom. The summed E-state index contributed by atoms with van der Waals surface area (Å²) in [5.74, 6) is 5.88. The highest BCUT2D eigenvalue weighted by Crippen LogP contribution is 2.18. The summed E-state index contributed by atoms with van der Waals surface area (Å²) < 4.78 is 18.9. The van der Waals surface area contributed by atoms with Gasteiger partial charge in [-0.1, -0.05) is 25.2 Å². The molecule has 0 amide bonds. The zero-order valence-electron chi connectivity index (χ0n) is 10.1. The summed E-state index contributed by atoms with van der Waals surface area (Å²) >= 11 is 5.46. The smallest absolute Gasteiger partial charge is 0.128 e. The van der Waals surface area contributed by atoms with Gasteiger partial charge in [0.1, 0.15) is 11.6 Å². The molecule has 1 rings (SSSR count). The normalized spacial score (nSPS) is 11.5. The van der Waals surface area contributed by atoms with Crippen molar-refractivity contribution < 1.29 is 9.13 Å². The van der Waals surface area contributed by atoms with Crippen LogP contribution in [0.1, 0.15) is 32.3 Å². The molecule has 0 saturated carbocycles. The first-order valence-electron chi connectivity index (χ1n) is 5.67. The SMILES string of the molecule is CCCC(C)Oc1cc(F)cc(C#CCCl)c1. The van der Waals surface area contributed by atoms with Gasteiger partial charge in [-0.2, -0.15) is 0 Å². The van der Waals surface area contributed by atoms with Gasteiger partial charge >= 0.3 is 0 Å². The van der Waals surface area contributed by atoms with Gasteiger partial charge in [-0.15, -0.1) is 11.6 Å². The molecule has 17 heavy (non-hydrogen) atoms. The number of alkyl halides is 1. The predicted molar refractivity (Wildman–Crippen MR) is 69.0 cm³/mol. The third-order valence-electron chi connectivity index (χ3n) is 2.20. The van der Waals surface area contributed by atoms with E-state index in [-0.39, 0.29) is 17.8 Å². The van der Waals surface area contributed by atoms with E-state index in [9.17, 15) is 4.39 Å². The van der Waals surface area contributed by atoms with Crippen LogP contribution in [-0.2, 0) is 0 Å². The van der Waals surface area contributed by atoms with Crippen LogP contribution in [-0.4, -0.2) is 12.0 Å². The first kappa shape index (κ1) is 13.9. The van der Waals surface area contributed by atoms with Gasteiger partial charge in [-0.05, 0) is 25.5 Å². The van der Waals surface area contributed by atoms with Crippen LogP contribution in [0.25, 0.3) is 0 Å². The molecule has 1 aromatic rings. The highest BCUT2D eigenvalue weighted by atomic mass is 35.5. The van der Waals surface area contributed by atoms with Gasteiger partial charge in [0.15, 0.2) is 0 Å². The van der Waals surface area contributed by atoms with E-state index in [0.29, 0.717) is 11.3 Å². The van der Waals surface area contributed by atoms with E-state index < -0.39 is 0 Å². The fraction of sp³-hybridized carbons (Fsp3) is 0.429. The Labute approximate surface area is 107 Å². The van der Waals surface area contributed by atoms with Crippen molar-refractivity contribution >= 4 is 11.6 Å². The highest BCUT2D eigenvalue weighted by molar-refractivity contribution is 6.19. The van der Waals surface area contributed by atoms with Crippen LogP contribution < -0.4 is 4.74 Å². The number of halogens is 2. The Morgan fingerprint density at radius 3 is 2.82 bits per heavy atom. The first-order chi connectivity index (χ1) is 8.15. The van der Waals surface area contributed by atoms with Crippen molar-refractivity contribution in [2.75, 3.05) is 5.88 Å². The molecular weight excluding hydrogens is 239 g/mol. The lowest BCUT2D eigenvalue weighted by Gasteiger charge is -2.13. The van der Waals surface area contributed by atoms with Crippen molar-refractivity contribution in [2.45, 2.75) is 32.8 Å². The molecule has 0 spiro atoms. The summed E-state index contributed by atoms with van der Waals surface area (Å²) in [4.78, 5) is 0. The van der Waals surface area contributed by atoms with Gasteiger partial charge in [0.05, 0.1) is 12.0 Å². The van der Waals surface area contributed by atoms with E-state index in [1.807, 2.05) is 6.92 Å². The summed E-state index contributed by atoms with van der Waals surface area (Å²) in [6.07, 6.45) is 2.06. The highest BCUT2D eigenvalue weighted by Gasteiger charge is 2.05. The molecule has 92 valence electrons. The van der Waals surface area contributed by atoms with Crippen LogP contribution in [0, 0.1) is 17.7 Å². The van der Waals surface area contributed by atoms with Crippen molar-refractivity contribution in [1.29, 1.82) is 0 Å². The molecule has 0 N–H and O–H groups in total. The molecule has 0 fully saturated rings. The Hall–Kier alpha value is -1.20. The summed E-state index contributed by atoms with van der Waals surface area (Å²) in [5, 5.41) is 0. The molecule has 0 heterocycles. The molecule has 0 aliphatic heterocycles. The second-order valence-electron chi connectivity index (χ2n) is 3.83. The van der Waals surface area contributed by atoms with Crippen molar-refractivity contribution in [3.63, 3.8) is 0 Å². The average Bonchev–Trinajstić information content (AvgIpc) is 2.25. The van der Waals surface area contributed by atoms with Gasteiger partial charge < -0.3 is 4.74 Å².